The molecule has 76 valence electrons. The van der Waals surface area contributed by atoms with E-state index in [4.69, 9.17) is 4.74 Å². The molecule has 1 aromatic rings. The molecule has 1 N–H and O–H groups in total. The Hall–Kier alpha value is -1.49. The summed E-state index contributed by atoms with van der Waals surface area (Å²) in [6.45, 7) is 1.49. The van der Waals surface area contributed by atoms with E-state index in [9.17, 15) is 9.90 Å². The first-order chi connectivity index (χ1) is 6.61. The molecular weight excluding hydrogens is 184 g/mol. The average Bonchev–Trinajstić information content (AvgIpc) is 2.18. The quantitative estimate of drug-likeness (QED) is 0.700. The van der Waals surface area contributed by atoms with Crippen molar-refractivity contribution in [3.63, 3.8) is 0 Å². The van der Waals surface area contributed by atoms with Crippen molar-refractivity contribution in [2.75, 3.05) is 7.11 Å². The SMILES string of the molecule is COc1nccnc1C(C)(O)CC=O. The number of aromatic nitrogens is 2. The maximum absolute atomic E-state index is 10.3. The molecule has 0 aliphatic rings. The third-order valence-electron chi connectivity index (χ3n) is 1.85. The summed E-state index contributed by atoms with van der Waals surface area (Å²) in [5.41, 5.74) is -1.06. The molecule has 0 fully saturated rings. The Morgan fingerprint density at radius 3 is 2.79 bits per heavy atom. The zero-order valence-corrected chi connectivity index (χ0v) is 8.10. The van der Waals surface area contributed by atoms with Crippen LogP contribution in [0.5, 0.6) is 5.88 Å². The fourth-order valence-corrected chi connectivity index (χ4v) is 1.10. The summed E-state index contributed by atoms with van der Waals surface area (Å²) in [6.07, 6.45) is 3.49. The molecule has 0 spiro atoms. The van der Waals surface area contributed by atoms with E-state index in [1.165, 1.54) is 26.4 Å². The van der Waals surface area contributed by atoms with Gasteiger partial charge < -0.3 is 14.6 Å². The van der Waals surface area contributed by atoms with Crippen molar-refractivity contribution < 1.29 is 14.6 Å². The maximum Gasteiger partial charge on any atom is 0.238 e. The number of carbonyl (C=O) groups is 1. The number of methoxy groups -OCH3 is 1. The van der Waals surface area contributed by atoms with Crippen LogP contribution in [0, 0.1) is 0 Å². The Labute approximate surface area is 81.8 Å². The van der Waals surface area contributed by atoms with Gasteiger partial charge in [-0.05, 0) is 6.92 Å². The number of carbonyl (C=O) groups excluding carboxylic acids is 1. The minimum Gasteiger partial charge on any atom is -0.480 e. The predicted octanol–water partition coefficient (Wildman–Crippen LogP) is 0.282. The maximum atomic E-state index is 10.3. The van der Waals surface area contributed by atoms with Gasteiger partial charge in [0.15, 0.2) is 0 Å². The number of nitrogens with zero attached hydrogens (tertiary/aromatic N) is 2. The second kappa shape index (κ2) is 4.15. The fourth-order valence-electron chi connectivity index (χ4n) is 1.10. The molecule has 1 rings (SSSR count). The van der Waals surface area contributed by atoms with Gasteiger partial charge in [-0.3, -0.25) is 4.98 Å². The second-order valence-corrected chi connectivity index (χ2v) is 3.06. The van der Waals surface area contributed by atoms with E-state index in [0.717, 1.165) is 0 Å². The number of rotatable bonds is 4. The highest BCUT2D eigenvalue weighted by Gasteiger charge is 2.28. The molecule has 1 unspecified atom stereocenters. The monoisotopic (exact) mass is 196 g/mol. The lowest BCUT2D eigenvalue weighted by Gasteiger charge is -2.20. The van der Waals surface area contributed by atoms with Gasteiger partial charge in [0.25, 0.3) is 0 Å². The minimum atomic E-state index is -1.33. The molecule has 0 aliphatic heterocycles. The first kappa shape index (κ1) is 10.6. The third-order valence-corrected chi connectivity index (χ3v) is 1.85. The molecule has 0 aromatic carbocycles. The van der Waals surface area contributed by atoms with Gasteiger partial charge in [-0.1, -0.05) is 0 Å². The number of ether oxygens (including phenoxy) is 1. The van der Waals surface area contributed by atoms with Crippen molar-refractivity contribution in [2.24, 2.45) is 0 Å². The summed E-state index contributed by atoms with van der Waals surface area (Å²) >= 11 is 0. The lowest BCUT2D eigenvalue weighted by Crippen LogP contribution is -2.24. The molecule has 0 radical (unpaired) electrons. The average molecular weight is 196 g/mol. The van der Waals surface area contributed by atoms with E-state index in [0.29, 0.717) is 6.29 Å². The molecule has 0 bridgehead atoms. The predicted molar refractivity (Wildman–Crippen MR) is 48.8 cm³/mol. The van der Waals surface area contributed by atoms with Gasteiger partial charge in [-0.15, -0.1) is 0 Å². The molecule has 1 atom stereocenters. The Balaban J connectivity index is 3.09. The molecule has 0 aliphatic carbocycles. The zero-order chi connectivity index (χ0) is 10.6. The number of aldehydes is 1. The lowest BCUT2D eigenvalue weighted by atomic mass is 9.99. The van der Waals surface area contributed by atoms with E-state index < -0.39 is 5.60 Å². The van der Waals surface area contributed by atoms with Crippen LogP contribution in [0.25, 0.3) is 0 Å². The van der Waals surface area contributed by atoms with Crippen molar-refractivity contribution in [3.05, 3.63) is 18.1 Å². The van der Waals surface area contributed by atoms with Crippen LogP contribution in [-0.2, 0) is 10.4 Å². The Morgan fingerprint density at radius 2 is 2.21 bits per heavy atom. The summed E-state index contributed by atoms with van der Waals surface area (Å²) < 4.78 is 4.93. The van der Waals surface area contributed by atoms with Crippen molar-refractivity contribution in [1.29, 1.82) is 0 Å². The minimum absolute atomic E-state index is 0.0396. The summed E-state index contributed by atoms with van der Waals surface area (Å²) in [7, 11) is 1.44. The van der Waals surface area contributed by atoms with Gasteiger partial charge in [0.2, 0.25) is 5.88 Å². The topological polar surface area (TPSA) is 72.3 Å². The summed E-state index contributed by atoms with van der Waals surface area (Å²) in [5, 5.41) is 9.88. The van der Waals surface area contributed by atoms with E-state index in [-0.39, 0.29) is 18.0 Å². The van der Waals surface area contributed by atoms with Gasteiger partial charge >= 0.3 is 0 Å². The van der Waals surface area contributed by atoms with Crippen molar-refractivity contribution in [3.8, 4) is 5.88 Å². The number of hydrogen-bond acceptors (Lipinski definition) is 5. The van der Waals surface area contributed by atoms with E-state index in [1.807, 2.05) is 0 Å². The second-order valence-electron chi connectivity index (χ2n) is 3.06. The summed E-state index contributed by atoms with van der Waals surface area (Å²) in [5.74, 6) is 0.236. The summed E-state index contributed by atoms with van der Waals surface area (Å²) in [6, 6.07) is 0. The Bertz CT molecular complexity index is 326. The van der Waals surface area contributed by atoms with Crippen LogP contribution in [-0.4, -0.2) is 28.5 Å². The summed E-state index contributed by atoms with van der Waals surface area (Å²) in [4.78, 5) is 18.2. The smallest absolute Gasteiger partial charge is 0.238 e. The van der Waals surface area contributed by atoms with Gasteiger partial charge in [0, 0.05) is 18.8 Å². The van der Waals surface area contributed by atoms with Gasteiger partial charge in [0.1, 0.15) is 17.6 Å². The van der Waals surface area contributed by atoms with Gasteiger partial charge in [0.05, 0.1) is 7.11 Å². The lowest BCUT2D eigenvalue weighted by molar-refractivity contribution is -0.112. The first-order valence-electron chi connectivity index (χ1n) is 4.13. The van der Waals surface area contributed by atoms with Crippen molar-refractivity contribution >= 4 is 6.29 Å². The molecule has 1 heterocycles. The van der Waals surface area contributed by atoms with Crippen LogP contribution in [0.2, 0.25) is 0 Å². The number of hydrogen-bond donors (Lipinski definition) is 1. The van der Waals surface area contributed by atoms with Gasteiger partial charge in [-0.25, -0.2) is 4.98 Å². The normalized spacial score (nSPS) is 14.5. The van der Waals surface area contributed by atoms with Gasteiger partial charge in [-0.2, -0.15) is 0 Å². The van der Waals surface area contributed by atoms with Crippen LogP contribution in [0.1, 0.15) is 19.0 Å². The molecule has 5 heteroatoms. The highest BCUT2D eigenvalue weighted by molar-refractivity contribution is 5.52. The molecular formula is C9H12N2O3. The van der Waals surface area contributed by atoms with E-state index in [2.05, 4.69) is 9.97 Å². The molecule has 14 heavy (non-hydrogen) atoms. The third kappa shape index (κ3) is 2.05. The fraction of sp³-hybridized carbons (Fsp3) is 0.444. The van der Waals surface area contributed by atoms with Crippen LogP contribution >= 0.6 is 0 Å². The largest absolute Gasteiger partial charge is 0.480 e. The molecule has 0 saturated heterocycles. The Morgan fingerprint density at radius 1 is 1.57 bits per heavy atom. The van der Waals surface area contributed by atoms with E-state index in [1.54, 1.807) is 0 Å². The van der Waals surface area contributed by atoms with Crippen LogP contribution < -0.4 is 4.74 Å². The molecule has 0 amide bonds. The van der Waals surface area contributed by atoms with Crippen LogP contribution in [0.3, 0.4) is 0 Å². The highest BCUT2D eigenvalue weighted by atomic mass is 16.5. The van der Waals surface area contributed by atoms with Crippen molar-refractivity contribution in [1.82, 2.24) is 9.97 Å². The van der Waals surface area contributed by atoms with E-state index >= 15 is 0 Å². The molecule has 1 aromatic heterocycles. The standard InChI is InChI=1S/C9H12N2O3/c1-9(13,3-6-12)7-8(14-2)11-5-4-10-7/h4-6,13H,3H2,1-2H3. The zero-order valence-electron chi connectivity index (χ0n) is 8.10. The number of aliphatic hydroxyl groups is 1. The highest BCUT2D eigenvalue weighted by Crippen LogP contribution is 2.27. The van der Waals surface area contributed by atoms with Crippen LogP contribution in [0.15, 0.2) is 12.4 Å². The first-order valence-corrected chi connectivity index (χ1v) is 4.13. The molecule has 0 saturated carbocycles. The van der Waals surface area contributed by atoms with Crippen molar-refractivity contribution in [2.45, 2.75) is 18.9 Å². The van der Waals surface area contributed by atoms with Crippen LogP contribution in [0.4, 0.5) is 0 Å². The Kier molecular flexibility index (Phi) is 3.14. The molecule has 5 nitrogen and oxygen atoms in total.